The Balaban J connectivity index is 2.22. The molecule has 0 saturated heterocycles. The van der Waals surface area contributed by atoms with Crippen LogP contribution in [0.2, 0.25) is 0 Å². The predicted octanol–water partition coefficient (Wildman–Crippen LogP) is 2.09. The fourth-order valence-electron chi connectivity index (χ4n) is 2.32. The van der Waals surface area contributed by atoms with Crippen LogP contribution in [-0.2, 0) is 0 Å². The molecule has 1 aromatic rings. The number of rotatable bonds is 4. The second-order valence-electron chi connectivity index (χ2n) is 4.68. The van der Waals surface area contributed by atoms with E-state index in [0.717, 1.165) is 25.7 Å². The zero-order chi connectivity index (χ0) is 13.8. The van der Waals surface area contributed by atoms with Gasteiger partial charge < -0.3 is 24.4 Å². The lowest BCUT2D eigenvalue weighted by atomic mass is 9.95. The zero-order valence-electron chi connectivity index (χ0n) is 11.3. The summed E-state index contributed by atoms with van der Waals surface area (Å²) >= 11 is 0. The van der Waals surface area contributed by atoms with E-state index in [2.05, 4.69) is 0 Å². The molecule has 1 aliphatic carbocycles. The van der Waals surface area contributed by atoms with Crippen LogP contribution in [0, 0.1) is 0 Å². The molecule has 1 aliphatic rings. The summed E-state index contributed by atoms with van der Waals surface area (Å²) in [5, 5.41) is 19.6. The molecule has 1 aromatic carbocycles. The van der Waals surface area contributed by atoms with Crippen molar-refractivity contribution < 1.29 is 24.4 Å². The van der Waals surface area contributed by atoms with Crippen molar-refractivity contribution in [2.45, 2.75) is 37.9 Å². The monoisotopic (exact) mass is 268 g/mol. The van der Waals surface area contributed by atoms with Gasteiger partial charge in [0.1, 0.15) is 6.10 Å². The third kappa shape index (κ3) is 3.04. The van der Waals surface area contributed by atoms with E-state index in [9.17, 15) is 10.2 Å². The van der Waals surface area contributed by atoms with E-state index >= 15 is 0 Å². The number of phenols is 1. The van der Waals surface area contributed by atoms with E-state index in [-0.39, 0.29) is 11.9 Å². The quantitative estimate of drug-likeness (QED) is 0.875. The van der Waals surface area contributed by atoms with Crippen molar-refractivity contribution in [2.75, 3.05) is 14.2 Å². The van der Waals surface area contributed by atoms with Gasteiger partial charge in [0.25, 0.3) is 0 Å². The van der Waals surface area contributed by atoms with Gasteiger partial charge in [-0.3, -0.25) is 0 Å². The molecular formula is C14H20O5. The fourth-order valence-corrected chi connectivity index (χ4v) is 2.32. The Morgan fingerprint density at radius 2 is 1.68 bits per heavy atom. The van der Waals surface area contributed by atoms with Gasteiger partial charge in [-0.25, -0.2) is 0 Å². The molecule has 0 spiro atoms. The van der Waals surface area contributed by atoms with Crippen molar-refractivity contribution in [1.29, 1.82) is 0 Å². The molecule has 2 N–H and O–H groups in total. The molecule has 0 bridgehead atoms. The SMILES string of the molecule is COc1cc(O[C@@H]2CCCC[C@@H]2O)c(OC)cc1O. The molecule has 1 fully saturated rings. The summed E-state index contributed by atoms with van der Waals surface area (Å²) in [5.41, 5.74) is 0. The van der Waals surface area contributed by atoms with Crippen molar-refractivity contribution in [1.82, 2.24) is 0 Å². The maximum atomic E-state index is 9.93. The number of aliphatic hydroxyl groups excluding tert-OH is 1. The molecular weight excluding hydrogens is 248 g/mol. The number of benzene rings is 1. The van der Waals surface area contributed by atoms with Crippen molar-refractivity contribution in [3.63, 3.8) is 0 Å². The van der Waals surface area contributed by atoms with Gasteiger partial charge >= 0.3 is 0 Å². The molecule has 2 rings (SSSR count). The summed E-state index contributed by atoms with van der Waals surface area (Å²) in [5.74, 6) is 1.22. The van der Waals surface area contributed by atoms with Crippen LogP contribution in [0.3, 0.4) is 0 Å². The number of hydrogen-bond acceptors (Lipinski definition) is 5. The third-order valence-corrected chi connectivity index (χ3v) is 3.41. The average Bonchev–Trinajstić information content (AvgIpc) is 2.42. The van der Waals surface area contributed by atoms with Gasteiger partial charge in [0.2, 0.25) is 0 Å². The Hall–Kier alpha value is -1.62. The minimum atomic E-state index is -0.460. The summed E-state index contributed by atoms with van der Waals surface area (Å²) in [7, 11) is 2.98. The summed E-state index contributed by atoms with van der Waals surface area (Å²) < 4.78 is 16.1. The van der Waals surface area contributed by atoms with E-state index in [0.29, 0.717) is 17.2 Å². The van der Waals surface area contributed by atoms with Crippen molar-refractivity contribution in [3.8, 4) is 23.0 Å². The second kappa shape index (κ2) is 6.02. The Bertz CT molecular complexity index is 432. The van der Waals surface area contributed by atoms with Gasteiger partial charge in [0.05, 0.1) is 20.3 Å². The molecule has 0 heterocycles. The van der Waals surface area contributed by atoms with Gasteiger partial charge in [0, 0.05) is 12.1 Å². The Labute approximate surface area is 112 Å². The minimum absolute atomic E-state index is 0.00380. The highest BCUT2D eigenvalue weighted by Crippen LogP contribution is 2.40. The molecule has 1 saturated carbocycles. The lowest BCUT2D eigenvalue weighted by molar-refractivity contribution is 0.00554. The van der Waals surface area contributed by atoms with E-state index in [1.807, 2.05) is 0 Å². The highest BCUT2D eigenvalue weighted by atomic mass is 16.5. The number of aromatic hydroxyl groups is 1. The Kier molecular flexibility index (Phi) is 4.37. The first-order valence-electron chi connectivity index (χ1n) is 6.45. The highest BCUT2D eigenvalue weighted by Gasteiger charge is 2.26. The van der Waals surface area contributed by atoms with Gasteiger partial charge in [-0.15, -0.1) is 0 Å². The lowest BCUT2D eigenvalue weighted by Crippen LogP contribution is -2.34. The van der Waals surface area contributed by atoms with Gasteiger partial charge in [0.15, 0.2) is 23.0 Å². The molecule has 0 aromatic heterocycles. The number of methoxy groups -OCH3 is 2. The number of aliphatic hydroxyl groups is 1. The molecule has 19 heavy (non-hydrogen) atoms. The lowest BCUT2D eigenvalue weighted by Gasteiger charge is -2.28. The number of phenolic OH excluding ortho intramolecular Hbond substituents is 1. The fraction of sp³-hybridized carbons (Fsp3) is 0.571. The zero-order valence-corrected chi connectivity index (χ0v) is 11.3. The van der Waals surface area contributed by atoms with Crippen LogP contribution >= 0.6 is 0 Å². The number of hydrogen-bond donors (Lipinski definition) is 2. The van der Waals surface area contributed by atoms with E-state index in [1.165, 1.54) is 20.3 Å². The van der Waals surface area contributed by atoms with Crippen molar-refractivity contribution in [2.24, 2.45) is 0 Å². The van der Waals surface area contributed by atoms with Crippen LogP contribution in [0.4, 0.5) is 0 Å². The van der Waals surface area contributed by atoms with Crippen molar-refractivity contribution in [3.05, 3.63) is 12.1 Å². The first-order valence-corrected chi connectivity index (χ1v) is 6.45. The highest BCUT2D eigenvalue weighted by molar-refractivity contribution is 5.53. The smallest absolute Gasteiger partial charge is 0.165 e. The summed E-state index contributed by atoms with van der Waals surface area (Å²) in [6, 6.07) is 3.03. The summed E-state index contributed by atoms with van der Waals surface area (Å²) in [6.07, 6.45) is 2.93. The normalized spacial score (nSPS) is 22.9. The topological polar surface area (TPSA) is 68.2 Å². The molecule has 2 atom stereocenters. The maximum Gasteiger partial charge on any atom is 0.165 e. The first-order chi connectivity index (χ1) is 9.15. The van der Waals surface area contributed by atoms with Crippen LogP contribution in [0.5, 0.6) is 23.0 Å². The molecule has 0 amide bonds. The van der Waals surface area contributed by atoms with Gasteiger partial charge in [-0.2, -0.15) is 0 Å². The Morgan fingerprint density at radius 1 is 1.00 bits per heavy atom. The van der Waals surface area contributed by atoms with Gasteiger partial charge in [-0.05, 0) is 19.3 Å². The second-order valence-corrected chi connectivity index (χ2v) is 4.68. The minimum Gasteiger partial charge on any atom is -0.504 e. The maximum absolute atomic E-state index is 9.93. The van der Waals surface area contributed by atoms with Crippen LogP contribution in [0.1, 0.15) is 25.7 Å². The molecule has 5 nitrogen and oxygen atoms in total. The summed E-state index contributed by atoms with van der Waals surface area (Å²) in [4.78, 5) is 0. The summed E-state index contributed by atoms with van der Waals surface area (Å²) in [6.45, 7) is 0. The molecule has 0 unspecified atom stereocenters. The first kappa shape index (κ1) is 13.8. The average molecular weight is 268 g/mol. The third-order valence-electron chi connectivity index (χ3n) is 3.41. The van der Waals surface area contributed by atoms with Crippen LogP contribution < -0.4 is 14.2 Å². The standard InChI is InChI=1S/C14H20O5/c1-17-12-8-14(13(18-2)7-10(12)16)19-11-6-4-3-5-9(11)15/h7-9,11,15-16H,3-6H2,1-2H3/t9-,11+/m0/s1. The van der Waals surface area contributed by atoms with Crippen LogP contribution in [0.15, 0.2) is 12.1 Å². The molecule has 0 radical (unpaired) electrons. The van der Waals surface area contributed by atoms with Crippen molar-refractivity contribution >= 4 is 0 Å². The Morgan fingerprint density at radius 3 is 2.32 bits per heavy atom. The number of ether oxygens (including phenoxy) is 3. The molecule has 106 valence electrons. The predicted molar refractivity (Wildman–Crippen MR) is 70.1 cm³/mol. The van der Waals surface area contributed by atoms with Crippen LogP contribution in [-0.4, -0.2) is 36.6 Å². The van der Waals surface area contributed by atoms with Gasteiger partial charge in [-0.1, -0.05) is 6.42 Å². The van der Waals surface area contributed by atoms with E-state index in [4.69, 9.17) is 14.2 Å². The van der Waals surface area contributed by atoms with E-state index in [1.54, 1.807) is 6.07 Å². The van der Waals surface area contributed by atoms with E-state index < -0.39 is 6.10 Å². The largest absolute Gasteiger partial charge is 0.504 e. The molecule has 5 heteroatoms. The molecule has 0 aliphatic heterocycles. The van der Waals surface area contributed by atoms with Crippen LogP contribution in [0.25, 0.3) is 0 Å².